The molecule has 8 N–H and O–H groups in total. The number of aromatic hydroxyl groups is 1. The number of amides is 6. The monoisotopic (exact) mass is 776 g/mol. The van der Waals surface area contributed by atoms with Crippen LogP contribution < -0.4 is 22.1 Å². The maximum Gasteiger partial charge on any atom is 0.417 e. The number of carboxylic acids is 1. The molecule has 0 spiro atoms. The molecule has 16 nitrogen and oxygen atoms in total. The smallest absolute Gasteiger partial charge is 0.417 e. The second-order valence-corrected chi connectivity index (χ2v) is 13.3. The van der Waals surface area contributed by atoms with E-state index in [1.165, 1.54) is 12.1 Å². The van der Waals surface area contributed by atoms with Gasteiger partial charge in [0.05, 0.1) is 12.5 Å². The zero-order valence-corrected chi connectivity index (χ0v) is 30.7. The number of phenolic OH excluding ortho intramolecular Hbond substituents is 1. The molecule has 0 bridgehead atoms. The zero-order valence-electron chi connectivity index (χ0n) is 29.8. The minimum Gasteiger partial charge on any atom is -0.508 e. The highest BCUT2D eigenvalue weighted by molar-refractivity contribution is 7.80. The lowest BCUT2D eigenvalue weighted by atomic mass is 10.0. The molecule has 0 radical (unpaired) electrons. The number of carboxylic acid groups (broad SMARTS) is 1. The normalized spacial score (nSPS) is 15.8. The molecule has 55 heavy (non-hydrogen) atoms. The number of nitrogens with zero attached hydrogens (tertiary/aromatic N) is 2. The number of nitrogens with one attached hydrogen (secondary N) is 2. The first-order chi connectivity index (χ1) is 26.3. The summed E-state index contributed by atoms with van der Waals surface area (Å²) in [5, 5.41) is 24.3. The van der Waals surface area contributed by atoms with Crippen LogP contribution in [0.4, 0.5) is 4.79 Å². The second-order valence-electron chi connectivity index (χ2n) is 12.9. The largest absolute Gasteiger partial charge is 0.508 e. The third-order valence-electron chi connectivity index (χ3n) is 8.89. The van der Waals surface area contributed by atoms with E-state index >= 15 is 0 Å². The Balaban J connectivity index is 1.70. The summed E-state index contributed by atoms with van der Waals surface area (Å²) in [5.41, 5.74) is 13.4. The van der Waals surface area contributed by atoms with E-state index in [0.29, 0.717) is 28.0 Å². The van der Waals surface area contributed by atoms with E-state index in [4.69, 9.17) is 16.2 Å². The molecular weight excluding hydrogens is 733 g/mol. The Labute approximate surface area is 322 Å². The lowest BCUT2D eigenvalue weighted by molar-refractivity contribution is -0.149. The maximum absolute atomic E-state index is 14.7. The quantitative estimate of drug-likeness (QED) is 0.0949. The van der Waals surface area contributed by atoms with Gasteiger partial charge in [0.1, 0.15) is 36.5 Å². The molecule has 0 saturated carbocycles. The van der Waals surface area contributed by atoms with Crippen molar-refractivity contribution < 1.29 is 48.5 Å². The van der Waals surface area contributed by atoms with Crippen molar-refractivity contribution >= 4 is 54.2 Å². The Morgan fingerprint density at radius 3 is 2.00 bits per heavy atom. The number of primary amides is 1. The lowest BCUT2D eigenvalue weighted by Crippen LogP contribution is -2.62. The van der Waals surface area contributed by atoms with Crippen LogP contribution in [0.25, 0.3) is 0 Å². The Hall–Kier alpha value is -5.94. The highest BCUT2D eigenvalue weighted by atomic mass is 32.1. The maximum atomic E-state index is 14.7. The molecule has 1 aliphatic rings. The van der Waals surface area contributed by atoms with Gasteiger partial charge in [0.25, 0.3) is 5.91 Å². The molecule has 292 valence electrons. The molecule has 0 aromatic heterocycles. The number of ether oxygens (including phenoxy) is 1. The van der Waals surface area contributed by atoms with Crippen LogP contribution in [-0.4, -0.2) is 104 Å². The Bertz CT molecular complexity index is 1830. The number of thiol groups is 1. The number of likely N-dealkylation sites (tertiary alicyclic amines) is 1. The number of benzene rings is 3. The summed E-state index contributed by atoms with van der Waals surface area (Å²) in [6, 6.07) is 15.5. The van der Waals surface area contributed by atoms with Crippen molar-refractivity contribution in [2.24, 2.45) is 11.5 Å². The molecule has 4 rings (SSSR count). The third-order valence-corrected chi connectivity index (χ3v) is 9.26. The minimum atomic E-state index is -2.00. The summed E-state index contributed by atoms with van der Waals surface area (Å²) in [6.45, 7) is -0.252. The molecular formula is C38H44N6O10S. The molecule has 6 amide bonds. The Morgan fingerprint density at radius 1 is 0.836 bits per heavy atom. The predicted octanol–water partition coefficient (Wildman–Crippen LogP) is 0.889. The summed E-state index contributed by atoms with van der Waals surface area (Å²) in [7, 11) is 0. The van der Waals surface area contributed by atoms with E-state index in [1.54, 1.807) is 72.8 Å². The van der Waals surface area contributed by atoms with Gasteiger partial charge in [-0.15, -0.1) is 0 Å². The average Bonchev–Trinajstić information content (AvgIpc) is 3.67. The van der Waals surface area contributed by atoms with Gasteiger partial charge in [0.2, 0.25) is 23.6 Å². The molecule has 17 heteroatoms. The number of rotatable bonds is 17. The van der Waals surface area contributed by atoms with Crippen LogP contribution in [0.3, 0.4) is 0 Å². The van der Waals surface area contributed by atoms with Crippen LogP contribution >= 0.6 is 12.6 Å². The average molecular weight is 777 g/mol. The number of carbonyl (C=O) groups excluding carboxylic acids is 6. The van der Waals surface area contributed by atoms with Gasteiger partial charge in [0, 0.05) is 18.7 Å². The zero-order chi connectivity index (χ0) is 40.1. The van der Waals surface area contributed by atoms with Crippen molar-refractivity contribution in [3.63, 3.8) is 0 Å². The van der Waals surface area contributed by atoms with Gasteiger partial charge in [-0.1, -0.05) is 72.8 Å². The Kier molecular flexibility index (Phi) is 15.2. The first-order valence-corrected chi connectivity index (χ1v) is 18.1. The molecule has 0 unspecified atom stereocenters. The van der Waals surface area contributed by atoms with Crippen molar-refractivity contribution in [3.05, 3.63) is 102 Å². The van der Waals surface area contributed by atoms with Gasteiger partial charge in [-0.2, -0.15) is 12.6 Å². The molecule has 1 heterocycles. The van der Waals surface area contributed by atoms with Gasteiger partial charge in [-0.3, -0.25) is 24.0 Å². The molecule has 1 saturated heterocycles. The molecule has 0 aliphatic carbocycles. The van der Waals surface area contributed by atoms with Crippen molar-refractivity contribution in [1.29, 1.82) is 0 Å². The second kappa shape index (κ2) is 19.9. The topological polar surface area (TPSA) is 252 Å². The van der Waals surface area contributed by atoms with Gasteiger partial charge < -0.3 is 42.0 Å². The fraction of sp³-hybridized carbons (Fsp3) is 0.342. The SMILES string of the molecule is NC(=O)C[C@@H](C(=O)N[C@@H](CS)C(=O)N1CCC[C@H]1C(=O)O)N(C(=O)OCc1ccccc1)C(=O)[C@H](Cc1ccccc1)NC(=O)[C@@H](N)Cc1ccc(O)cc1. The van der Waals surface area contributed by atoms with E-state index in [-0.39, 0.29) is 43.9 Å². The van der Waals surface area contributed by atoms with E-state index in [1.807, 2.05) is 0 Å². The standard InChI is InChI=1S/C38H44N6O10S/c39-27(18-24-13-15-26(45)16-14-24)33(47)41-28(19-23-8-3-1-4-9-23)36(50)44(38(53)54-21-25-10-5-2-6-11-25)31(20-32(40)46)34(48)42-29(22-55)35(49)43-17-7-12-30(43)37(51)52/h1-6,8-11,13-16,27-31,45,55H,7,12,17-22,39H2,(H2,40,46)(H,41,47)(H,42,48)(H,51,52)/t27-,28-,29-,30-,31-/m0/s1. The summed E-state index contributed by atoms with van der Waals surface area (Å²) < 4.78 is 5.49. The Morgan fingerprint density at radius 2 is 1.42 bits per heavy atom. The van der Waals surface area contributed by atoms with Gasteiger partial charge in [0.15, 0.2) is 0 Å². The van der Waals surface area contributed by atoms with Crippen molar-refractivity contribution in [2.75, 3.05) is 12.3 Å². The number of aliphatic carboxylic acids is 1. The summed E-state index contributed by atoms with van der Waals surface area (Å²) in [5.74, 6) is -6.53. The van der Waals surface area contributed by atoms with Crippen LogP contribution in [0.15, 0.2) is 84.9 Å². The minimum absolute atomic E-state index is 0.00674. The number of hydrogen-bond donors (Lipinski definition) is 7. The lowest BCUT2D eigenvalue weighted by Gasteiger charge is -2.33. The fourth-order valence-electron chi connectivity index (χ4n) is 6.07. The predicted molar refractivity (Wildman–Crippen MR) is 201 cm³/mol. The highest BCUT2D eigenvalue weighted by Crippen LogP contribution is 2.20. The van der Waals surface area contributed by atoms with Crippen molar-refractivity contribution in [1.82, 2.24) is 20.4 Å². The van der Waals surface area contributed by atoms with Crippen molar-refractivity contribution in [2.45, 2.75) is 68.9 Å². The number of hydrogen-bond acceptors (Lipinski definition) is 11. The summed E-state index contributed by atoms with van der Waals surface area (Å²) in [4.78, 5) is 95.5. The van der Waals surface area contributed by atoms with Crippen molar-refractivity contribution in [3.8, 4) is 5.75 Å². The summed E-state index contributed by atoms with van der Waals surface area (Å²) >= 11 is 4.19. The van der Waals surface area contributed by atoms with Crippen LogP contribution in [0, 0.1) is 0 Å². The van der Waals surface area contributed by atoms with E-state index in [9.17, 15) is 43.8 Å². The van der Waals surface area contributed by atoms with Gasteiger partial charge in [-0.05, 0) is 48.1 Å². The van der Waals surface area contributed by atoms with Crippen LogP contribution in [0.2, 0.25) is 0 Å². The molecule has 1 fully saturated rings. The molecule has 3 aromatic carbocycles. The molecule has 3 aromatic rings. The van der Waals surface area contributed by atoms with E-state index in [2.05, 4.69) is 23.3 Å². The van der Waals surface area contributed by atoms with E-state index in [0.717, 1.165) is 4.90 Å². The van der Waals surface area contributed by atoms with Crippen LogP contribution in [0.5, 0.6) is 5.75 Å². The van der Waals surface area contributed by atoms with E-state index < -0.39 is 78.2 Å². The molecule has 1 aliphatic heterocycles. The van der Waals surface area contributed by atoms with Gasteiger partial charge in [-0.25, -0.2) is 14.5 Å². The fourth-order valence-corrected chi connectivity index (χ4v) is 6.31. The van der Waals surface area contributed by atoms with Crippen LogP contribution in [-0.2, 0) is 53.0 Å². The third kappa shape index (κ3) is 11.8. The number of phenols is 1. The number of nitrogens with two attached hydrogens (primary N) is 2. The van der Waals surface area contributed by atoms with Gasteiger partial charge >= 0.3 is 12.1 Å². The summed E-state index contributed by atoms with van der Waals surface area (Å²) in [6.07, 6.45) is -1.88. The first kappa shape index (κ1) is 41.8. The molecule has 5 atom stereocenters. The van der Waals surface area contributed by atoms with Crippen LogP contribution in [0.1, 0.15) is 36.0 Å². The highest BCUT2D eigenvalue weighted by Gasteiger charge is 2.43. The first-order valence-electron chi connectivity index (χ1n) is 17.4. The number of carbonyl (C=O) groups is 7. The number of imide groups is 1.